The van der Waals surface area contributed by atoms with E-state index in [9.17, 15) is 9.59 Å². The van der Waals surface area contributed by atoms with Gasteiger partial charge in [0.1, 0.15) is 5.58 Å². The van der Waals surface area contributed by atoms with Crippen molar-refractivity contribution in [3.8, 4) is 0 Å². The van der Waals surface area contributed by atoms with Crippen molar-refractivity contribution < 1.29 is 9.21 Å². The average Bonchev–Trinajstić information content (AvgIpc) is 3.10. The van der Waals surface area contributed by atoms with Crippen LogP contribution in [0, 0.1) is 0 Å². The molecule has 0 radical (unpaired) electrons. The Morgan fingerprint density at radius 3 is 2.81 bits per heavy atom. The summed E-state index contributed by atoms with van der Waals surface area (Å²) in [5, 5.41) is 4.35. The molecule has 2 aromatic carbocycles. The molecule has 0 atom stereocenters. The van der Waals surface area contributed by atoms with E-state index in [4.69, 9.17) is 10.3 Å². The van der Waals surface area contributed by atoms with Crippen molar-refractivity contribution in [2.75, 3.05) is 11.7 Å². The third-order valence-electron chi connectivity index (χ3n) is 3.86. The molecular formula is C18H14N4O3S. The van der Waals surface area contributed by atoms with Crippen LogP contribution in [0.3, 0.4) is 0 Å². The second kappa shape index (κ2) is 6.57. The molecule has 0 spiro atoms. The Balaban J connectivity index is 1.49. The van der Waals surface area contributed by atoms with Crippen molar-refractivity contribution in [2.45, 2.75) is 5.16 Å². The molecule has 2 aromatic heterocycles. The lowest BCUT2D eigenvalue weighted by Crippen LogP contribution is -2.30. The number of thioether (sulfide) groups is 1. The summed E-state index contributed by atoms with van der Waals surface area (Å²) < 4.78 is 6.50. The Kier molecular flexibility index (Phi) is 4.10. The summed E-state index contributed by atoms with van der Waals surface area (Å²) in [6.07, 6.45) is 0. The minimum absolute atomic E-state index is 0.192. The molecule has 0 fully saturated rings. The number of amides is 1. The third kappa shape index (κ3) is 2.91. The molecule has 7 nitrogen and oxygen atoms in total. The quantitative estimate of drug-likeness (QED) is 0.249. The minimum atomic E-state index is -0.347. The number of furan rings is 1. The summed E-state index contributed by atoms with van der Waals surface area (Å²) in [5.41, 5.74) is 0.879. The number of carbonyl (C=O) groups is 1. The number of carbonyl (C=O) groups excluding carboxylic acids is 1. The zero-order valence-corrected chi connectivity index (χ0v) is 14.3. The van der Waals surface area contributed by atoms with Crippen molar-refractivity contribution in [1.82, 2.24) is 15.0 Å². The molecule has 0 aliphatic rings. The number of fused-ring (bicyclic) bond motifs is 2. The van der Waals surface area contributed by atoms with Gasteiger partial charge in [-0.2, -0.15) is 0 Å². The molecule has 26 heavy (non-hydrogen) atoms. The molecule has 0 aliphatic heterocycles. The molecule has 0 saturated carbocycles. The summed E-state index contributed by atoms with van der Waals surface area (Å²) in [6, 6.07) is 16.0. The minimum Gasteiger partial charge on any atom is -0.451 e. The van der Waals surface area contributed by atoms with Gasteiger partial charge in [0.05, 0.1) is 16.8 Å². The topological polar surface area (TPSA) is 103 Å². The van der Waals surface area contributed by atoms with E-state index in [0.29, 0.717) is 21.6 Å². The summed E-state index contributed by atoms with van der Waals surface area (Å²) in [5.74, 6) is 5.89. The number of nitrogens with zero attached hydrogens (tertiary/aromatic N) is 2. The van der Waals surface area contributed by atoms with Crippen LogP contribution >= 0.6 is 11.8 Å². The second-order valence-corrected chi connectivity index (χ2v) is 6.47. The van der Waals surface area contributed by atoms with Crippen LogP contribution < -0.4 is 16.7 Å². The Morgan fingerprint density at radius 1 is 1.19 bits per heavy atom. The van der Waals surface area contributed by atoms with Crippen LogP contribution in [0.1, 0.15) is 10.6 Å². The zero-order valence-electron chi connectivity index (χ0n) is 13.5. The van der Waals surface area contributed by atoms with E-state index in [1.165, 1.54) is 0 Å². The SMILES string of the molecule is Nn1c(SCNC(=O)c2cc3ccccc3o2)nc2ccccc2c1=O. The van der Waals surface area contributed by atoms with Gasteiger partial charge >= 0.3 is 0 Å². The van der Waals surface area contributed by atoms with Gasteiger partial charge in [0.25, 0.3) is 11.5 Å². The van der Waals surface area contributed by atoms with Crippen LogP contribution in [0.4, 0.5) is 0 Å². The highest BCUT2D eigenvalue weighted by molar-refractivity contribution is 7.99. The normalized spacial score (nSPS) is 11.1. The Labute approximate surface area is 151 Å². The van der Waals surface area contributed by atoms with Crippen molar-refractivity contribution in [3.63, 3.8) is 0 Å². The molecule has 8 heteroatoms. The Morgan fingerprint density at radius 2 is 1.96 bits per heavy atom. The predicted octanol–water partition coefficient (Wildman–Crippen LogP) is 2.34. The van der Waals surface area contributed by atoms with E-state index in [1.54, 1.807) is 36.4 Å². The largest absolute Gasteiger partial charge is 0.451 e. The highest BCUT2D eigenvalue weighted by Gasteiger charge is 2.13. The van der Waals surface area contributed by atoms with Gasteiger partial charge in [0.2, 0.25) is 0 Å². The van der Waals surface area contributed by atoms with Gasteiger partial charge in [-0.25, -0.2) is 9.66 Å². The molecule has 4 rings (SSSR count). The van der Waals surface area contributed by atoms with Gasteiger partial charge in [0.15, 0.2) is 10.9 Å². The fraction of sp³-hybridized carbons (Fsp3) is 0.0556. The van der Waals surface area contributed by atoms with Gasteiger partial charge in [-0.05, 0) is 24.3 Å². The Bertz CT molecular complexity index is 1150. The van der Waals surface area contributed by atoms with Gasteiger partial charge in [-0.1, -0.05) is 42.1 Å². The fourth-order valence-corrected chi connectivity index (χ4v) is 3.29. The van der Waals surface area contributed by atoms with E-state index in [-0.39, 0.29) is 23.1 Å². The van der Waals surface area contributed by atoms with E-state index >= 15 is 0 Å². The lowest BCUT2D eigenvalue weighted by Gasteiger charge is -2.08. The first-order valence-electron chi connectivity index (χ1n) is 7.80. The van der Waals surface area contributed by atoms with Gasteiger partial charge in [0, 0.05) is 5.39 Å². The van der Waals surface area contributed by atoms with Crippen LogP contribution in [-0.4, -0.2) is 21.4 Å². The van der Waals surface area contributed by atoms with Crippen molar-refractivity contribution >= 4 is 39.5 Å². The van der Waals surface area contributed by atoms with Crippen LogP contribution in [0.5, 0.6) is 0 Å². The Hall–Kier alpha value is -3.26. The summed E-state index contributed by atoms with van der Waals surface area (Å²) in [4.78, 5) is 28.8. The molecular weight excluding hydrogens is 352 g/mol. The summed E-state index contributed by atoms with van der Waals surface area (Å²) in [6.45, 7) is 0. The molecule has 130 valence electrons. The monoisotopic (exact) mass is 366 g/mol. The maximum atomic E-state index is 12.2. The molecule has 0 aliphatic carbocycles. The smallest absolute Gasteiger partial charge is 0.287 e. The maximum Gasteiger partial charge on any atom is 0.287 e. The van der Waals surface area contributed by atoms with Crippen LogP contribution in [-0.2, 0) is 0 Å². The van der Waals surface area contributed by atoms with Crippen molar-refractivity contribution in [2.24, 2.45) is 0 Å². The number of benzene rings is 2. The summed E-state index contributed by atoms with van der Waals surface area (Å²) >= 11 is 1.16. The van der Waals surface area contributed by atoms with Gasteiger partial charge < -0.3 is 15.6 Å². The number of rotatable bonds is 4. The van der Waals surface area contributed by atoms with Gasteiger partial charge in [-0.15, -0.1) is 0 Å². The van der Waals surface area contributed by atoms with Crippen LogP contribution in [0.25, 0.3) is 21.9 Å². The number of nitrogen functional groups attached to an aromatic ring is 1. The highest BCUT2D eigenvalue weighted by atomic mass is 32.2. The molecule has 0 unspecified atom stereocenters. The van der Waals surface area contributed by atoms with Crippen LogP contribution in [0.15, 0.2) is 69.0 Å². The maximum absolute atomic E-state index is 12.2. The van der Waals surface area contributed by atoms with Crippen LogP contribution in [0.2, 0.25) is 0 Å². The first-order chi connectivity index (χ1) is 12.6. The molecule has 2 heterocycles. The van der Waals surface area contributed by atoms with E-state index in [1.807, 2.05) is 18.2 Å². The molecule has 0 bridgehead atoms. The average molecular weight is 366 g/mol. The highest BCUT2D eigenvalue weighted by Crippen LogP contribution is 2.19. The predicted molar refractivity (Wildman–Crippen MR) is 101 cm³/mol. The number of hydrogen-bond acceptors (Lipinski definition) is 6. The van der Waals surface area contributed by atoms with E-state index in [2.05, 4.69) is 10.3 Å². The molecule has 0 saturated heterocycles. The fourth-order valence-electron chi connectivity index (χ4n) is 2.57. The lowest BCUT2D eigenvalue weighted by molar-refractivity contribution is 0.0935. The number of aromatic nitrogens is 2. The number of para-hydroxylation sites is 2. The number of hydrogen-bond donors (Lipinski definition) is 2. The van der Waals surface area contributed by atoms with Crippen molar-refractivity contribution in [1.29, 1.82) is 0 Å². The standard InChI is InChI=1S/C18H14N4O3S/c19-22-17(24)12-6-2-3-7-13(12)21-18(22)26-10-20-16(23)15-9-11-5-1-4-8-14(11)25-15/h1-9H,10,19H2,(H,20,23). The first kappa shape index (κ1) is 16.2. The second-order valence-electron chi connectivity index (χ2n) is 5.53. The summed E-state index contributed by atoms with van der Waals surface area (Å²) in [7, 11) is 0. The van der Waals surface area contributed by atoms with Gasteiger partial charge in [-0.3, -0.25) is 9.59 Å². The number of nitrogens with one attached hydrogen (secondary N) is 1. The van der Waals surface area contributed by atoms with Crippen molar-refractivity contribution in [3.05, 3.63) is 70.7 Å². The number of nitrogens with two attached hydrogens (primary N) is 1. The first-order valence-corrected chi connectivity index (χ1v) is 8.78. The zero-order chi connectivity index (χ0) is 18.1. The molecule has 4 aromatic rings. The third-order valence-corrected chi connectivity index (χ3v) is 4.69. The van der Waals surface area contributed by atoms with E-state index in [0.717, 1.165) is 21.8 Å². The molecule has 1 amide bonds. The lowest BCUT2D eigenvalue weighted by atomic mass is 10.2. The van der Waals surface area contributed by atoms with E-state index < -0.39 is 0 Å². The molecule has 3 N–H and O–H groups in total.